The largest absolute Gasteiger partial charge is 0.491 e. The average molecular weight is 535 g/mol. The molecule has 3 heteroatoms. The lowest BCUT2D eigenvalue weighted by Crippen LogP contribution is -2.26. The van der Waals surface area contributed by atoms with Crippen LogP contribution in [0.2, 0.25) is 0 Å². The van der Waals surface area contributed by atoms with E-state index in [4.69, 9.17) is 9.72 Å². The predicted molar refractivity (Wildman–Crippen MR) is 169 cm³/mol. The Hall–Kier alpha value is -3.43. The Morgan fingerprint density at radius 1 is 0.775 bits per heavy atom. The van der Waals surface area contributed by atoms with E-state index in [-0.39, 0.29) is 6.10 Å². The van der Waals surface area contributed by atoms with Gasteiger partial charge in [-0.2, -0.15) is 0 Å². The Bertz CT molecular complexity index is 1330. The zero-order valence-electron chi connectivity index (χ0n) is 25.3. The predicted octanol–water partition coefficient (Wildman–Crippen LogP) is 9.17. The minimum absolute atomic E-state index is 0.0844. The number of aromatic nitrogens is 1. The number of ether oxygens (including phenoxy) is 1. The van der Waals surface area contributed by atoms with Crippen molar-refractivity contribution in [1.29, 1.82) is 0 Å². The molecule has 3 nitrogen and oxygen atoms in total. The molecule has 0 saturated carbocycles. The van der Waals surface area contributed by atoms with Gasteiger partial charge < -0.3 is 4.74 Å². The van der Waals surface area contributed by atoms with Gasteiger partial charge in [-0.1, -0.05) is 99.6 Å². The third kappa shape index (κ3) is 7.61. The first kappa shape index (κ1) is 29.6. The molecule has 40 heavy (non-hydrogen) atoms. The SMILES string of the molecule is CCc1cccc(CC)c1-c1cc(OC(C)C)c(CN(CCC(C)c2ccccc2)Cc2ccccc2)c(C)n1. The van der Waals surface area contributed by atoms with E-state index in [9.17, 15) is 0 Å². The molecule has 0 fully saturated rings. The van der Waals surface area contributed by atoms with Crippen LogP contribution in [0.1, 0.15) is 80.5 Å². The van der Waals surface area contributed by atoms with Gasteiger partial charge in [-0.3, -0.25) is 9.88 Å². The van der Waals surface area contributed by atoms with Crippen LogP contribution in [0, 0.1) is 6.92 Å². The average Bonchev–Trinajstić information content (AvgIpc) is 2.97. The van der Waals surface area contributed by atoms with Crippen LogP contribution >= 0.6 is 0 Å². The van der Waals surface area contributed by atoms with Gasteiger partial charge >= 0.3 is 0 Å². The van der Waals surface area contributed by atoms with E-state index in [1.807, 2.05) is 0 Å². The van der Waals surface area contributed by atoms with Crippen LogP contribution in [0.4, 0.5) is 0 Å². The molecule has 4 rings (SSSR count). The van der Waals surface area contributed by atoms with Gasteiger partial charge in [-0.25, -0.2) is 0 Å². The lowest BCUT2D eigenvalue weighted by Gasteiger charge is -2.27. The topological polar surface area (TPSA) is 25.4 Å². The summed E-state index contributed by atoms with van der Waals surface area (Å²) in [5.74, 6) is 1.45. The summed E-state index contributed by atoms with van der Waals surface area (Å²) in [5, 5.41) is 0. The monoisotopic (exact) mass is 534 g/mol. The first-order valence-electron chi connectivity index (χ1n) is 15.0. The standard InChI is InChI=1S/C37H46N2O/c1-7-31-20-15-21-32(8-2)37(31)35-24-36(40-27(3)4)34(29(6)38-35)26-39(25-30-16-11-9-12-17-30)23-22-28(5)33-18-13-10-14-19-33/h9-21,24,27-28H,7-8,22-23,25-26H2,1-6H3. The first-order valence-corrected chi connectivity index (χ1v) is 15.0. The summed E-state index contributed by atoms with van der Waals surface area (Å²) >= 11 is 0. The van der Waals surface area contributed by atoms with E-state index in [0.717, 1.165) is 56.0 Å². The zero-order valence-corrected chi connectivity index (χ0v) is 25.3. The summed E-state index contributed by atoms with van der Waals surface area (Å²) < 4.78 is 6.51. The molecule has 0 spiro atoms. The molecular formula is C37H46N2O. The number of nitrogens with zero attached hydrogens (tertiary/aromatic N) is 2. The smallest absolute Gasteiger partial charge is 0.128 e. The van der Waals surface area contributed by atoms with E-state index in [0.29, 0.717) is 5.92 Å². The highest BCUT2D eigenvalue weighted by Crippen LogP contribution is 2.34. The Labute approximate surface area is 242 Å². The van der Waals surface area contributed by atoms with Gasteiger partial charge in [0.1, 0.15) is 5.75 Å². The zero-order chi connectivity index (χ0) is 28.5. The van der Waals surface area contributed by atoms with Gasteiger partial charge in [0.2, 0.25) is 0 Å². The normalized spacial score (nSPS) is 12.2. The van der Waals surface area contributed by atoms with E-state index in [1.54, 1.807) is 0 Å². The summed E-state index contributed by atoms with van der Waals surface area (Å²) in [6, 6.07) is 30.5. The Morgan fingerprint density at radius 2 is 1.40 bits per heavy atom. The molecule has 1 atom stereocenters. The maximum atomic E-state index is 6.51. The number of rotatable bonds is 13. The number of pyridine rings is 1. The number of aryl methyl sites for hydroxylation is 3. The van der Waals surface area contributed by atoms with Crippen molar-refractivity contribution in [3.63, 3.8) is 0 Å². The minimum Gasteiger partial charge on any atom is -0.491 e. The molecule has 0 N–H and O–H groups in total. The molecule has 0 aliphatic heterocycles. The molecule has 0 amide bonds. The summed E-state index contributed by atoms with van der Waals surface area (Å²) in [6.07, 6.45) is 3.14. The number of hydrogen-bond donors (Lipinski definition) is 0. The molecular weight excluding hydrogens is 488 g/mol. The highest BCUT2D eigenvalue weighted by Gasteiger charge is 2.20. The molecule has 1 aromatic heterocycles. The van der Waals surface area contributed by atoms with Crippen LogP contribution in [-0.4, -0.2) is 22.5 Å². The second-order valence-electron chi connectivity index (χ2n) is 11.2. The minimum atomic E-state index is 0.0844. The van der Waals surface area contributed by atoms with Crippen molar-refractivity contribution in [2.45, 2.75) is 85.9 Å². The third-order valence-corrected chi connectivity index (χ3v) is 7.79. The van der Waals surface area contributed by atoms with Crippen LogP contribution in [0.25, 0.3) is 11.3 Å². The fourth-order valence-electron chi connectivity index (χ4n) is 5.52. The van der Waals surface area contributed by atoms with E-state index in [1.165, 1.54) is 33.4 Å². The van der Waals surface area contributed by atoms with Gasteiger partial charge in [0.15, 0.2) is 0 Å². The van der Waals surface area contributed by atoms with Crippen molar-refractivity contribution >= 4 is 0 Å². The summed E-state index contributed by atoms with van der Waals surface area (Å²) in [6.45, 7) is 15.8. The first-order chi connectivity index (χ1) is 19.4. The second-order valence-corrected chi connectivity index (χ2v) is 11.2. The van der Waals surface area contributed by atoms with Crippen LogP contribution < -0.4 is 4.74 Å². The molecule has 0 bridgehead atoms. The molecule has 0 radical (unpaired) electrons. The fraction of sp³-hybridized carbons (Fsp3) is 0.378. The molecule has 1 heterocycles. The van der Waals surface area contributed by atoms with Gasteiger partial charge in [-0.05, 0) is 74.8 Å². The van der Waals surface area contributed by atoms with Gasteiger partial charge in [-0.15, -0.1) is 0 Å². The second kappa shape index (κ2) is 14.3. The number of benzene rings is 3. The van der Waals surface area contributed by atoms with Crippen LogP contribution in [-0.2, 0) is 25.9 Å². The van der Waals surface area contributed by atoms with E-state index in [2.05, 4.69) is 131 Å². The van der Waals surface area contributed by atoms with Crippen LogP contribution in [0.5, 0.6) is 5.75 Å². The van der Waals surface area contributed by atoms with E-state index >= 15 is 0 Å². The Kier molecular flexibility index (Phi) is 10.5. The Morgan fingerprint density at radius 3 is 2.00 bits per heavy atom. The summed E-state index contributed by atoms with van der Waals surface area (Å²) in [7, 11) is 0. The van der Waals surface area contributed by atoms with Crippen LogP contribution in [0.3, 0.4) is 0 Å². The fourth-order valence-corrected chi connectivity index (χ4v) is 5.52. The maximum Gasteiger partial charge on any atom is 0.128 e. The van der Waals surface area contributed by atoms with Gasteiger partial charge in [0, 0.05) is 36.0 Å². The van der Waals surface area contributed by atoms with Crippen molar-refractivity contribution < 1.29 is 4.74 Å². The molecule has 0 saturated heterocycles. The highest BCUT2D eigenvalue weighted by atomic mass is 16.5. The van der Waals surface area contributed by atoms with Crippen molar-refractivity contribution in [2.75, 3.05) is 6.54 Å². The summed E-state index contributed by atoms with van der Waals surface area (Å²) in [4.78, 5) is 7.78. The quantitative estimate of drug-likeness (QED) is 0.171. The molecule has 0 aliphatic rings. The molecule has 210 valence electrons. The maximum absolute atomic E-state index is 6.51. The number of hydrogen-bond acceptors (Lipinski definition) is 3. The van der Waals surface area contributed by atoms with Crippen molar-refractivity contribution in [3.8, 4) is 17.0 Å². The van der Waals surface area contributed by atoms with E-state index < -0.39 is 0 Å². The molecule has 1 unspecified atom stereocenters. The highest BCUT2D eigenvalue weighted by molar-refractivity contribution is 5.70. The van der Waals surface area contributed by atoms with Gasteiger partial charge in [0.05, 0.1) is 11.8 Å². The molecule has 0 aliphatic carbocycles. The lowest BCUT2D eigenvalue weighted by atomic mass is 9.94. The Balaban J connectivity index is 1.69. The van der Waals surface area contributed by atoms with Crippen molar-refractivity contribution in [1.82, 2.24) is 9.88 Å². The summed E-state index contributed by atoms with van der Waals surface area (Å²) in [5.41, 5.74) is 9.95. The molecule has 4 aromatic rings. The van der Waals surface area contributed by atoms with Gasteiger partial charge in [0.25, 0.3) is 0 Å². The lowest BCUT2D eigenvalue weighted by molar-refractivity contribution is 0.219. The van der Waals surface area contributed by atoms with Crippen molar-refractivity contribution in [3.05, 3.63) is 118 Å². The van der Waals surface area contributed by atoms with Crippen LogP contribution in [0.15, 0.2) is 84.9 Å². The molecule has 3 aromatic carbocycles. The third-order valence-electron chi connectivity index (χ3n) is 7.79. The van der Waals surface area contributed by atoms with Crippen molar-refractivity contribution in [2.24, 2.45) is 0 Å².